The SMILES string of the molecule is O=C(CCCNC(=O)NCc1ccc2ncccc2c1)NC1CC1. The quantitative estimate of drug-likeness (QED) is 0.681. The van der Waals surface area contributed by atoms with Crippen LogP contribution in [0, 0.1) is 0 Å². The van der Waals surface area contributed by atoms with Gasteiger partial charge in [0.05, 0.1) is 5.52 Å². The molecule has 0 aliphatic heterocycles. The molecule has 0 spiro atoms. The van der Waals surface area contributed by atoms with Crippen LogP contribution in [0.3, 0.4) is 0 Å². The first-order chi connectivity index (χ1) is 11.7. The molecule has 0 unspecified atom stereocenters. The van der Waals surface area contributed by atoms with Crippen LogP contribution in [0.1, 0.15) is 31.2 Å². The zero-order valence-electron chi connectivity index (χ0n) is 13.5. The number of amides is 3. The van der Waals surface area contributed by atoms with E-state index in [4.69, 9.17) is 0 Å². The van der Waals surface area contributed by atoms with Crippen molar-refractivity contribution in [1.82, 2.24) is 20.9 Å². The summed E-state index contributed by atoms with van der Waals surface area (Å²) in [6, 6.07) is 9.99. The third-order valence-electron chi connectivity index (χ3n) is 3.93. The molecule has 1 aliphatic carbocycles. The lowest BCUT2D eigenvalue weighted by atomic mass is 10.1. The molecule has 6 heteroatoms. The molecule has 3 rings (SSSR count). The zero-order chi connectivity index (χ0) is 16.8. The van der Waals surface area contributed by atoms with Gasteiger partial charge < -0.3 is 16.0 Å². The van der Waals surface area contributed by atoms with E-state index in [0.29, 0.717) is 32.0 Å². The summed E-state index contributed by atoms with van der Waals surface area (Å²) in [5.74, 6) is 0.0736. The summed E-state index contributed by atoms with van der Waals surface area (Å²) >= 11 is 0. The molecule has 0 radical (unpaired) electrons. The van der Waals surface area contributed by atoms with E-state index < -0.39 is 0 Å². The fourth-order valence-corrected chi connectivity index (χ4v) is 2.46. The molecule has 2 aromatic rings. The lowest BCUT2D eigenvalue weighted by Gasteiger charge is -2.08. The van der Waals surface area contributed by atoms with Crippen LogP contribution in [0.25, 0.3) is 10.9 Å². The highest BCUT2D eigenvalue weighted by Gasteiger charge is 2.22. The number of rotatable bonds is 7. The van der Waals surface area contributed by atoms with Crippen LogP contribution in [0.5, 0.6) is 0 Å². The van der Waals surface area contributed by atoms with Gasteiger partial charge >= 0.3 is 6.03 Å². The van der Waals surface area contributed by atoms with E-state index in [9.17, 15) is 9.59 Å². The van der Waals surface area contributed by atoms with Crippen molar-refractivity contribution in [3.05, 3.63) is 42.1 Å². The largest absolute Gasteiger partial charge is 0.353 e. The maximum atomic E-state index is 11.8. The van der Waals surface area contributed by atoms with Gasteiger partial charge in [-0.25, -0.2) is 4.79 Å². The molecular weight excluding hydrogens is 304 g/mol. The molecule has 1 aliphatic rings. The molecule has 1 fully saturated rings. The molecule has 3 amide bonds. The molecule has 3 N–H and O–H groups in total. The normalized spacial score (nSPS) is 13.5. The Bertz CT molecular complexity index is 728. The molecule has 0 saturated heterocycles. The van der Waals surface area contributed by atoms with Crippen LogP contribution in [-0.4, -0.2) is 29.5 Å². The van der Waals surface area contributed by atoms with Gasteiger partial charge in [-0.15, -0.1) is 0 Å². The van der Waals surface area contributed by atoms with Crippen LogP contribution >= 0.6 is 0 Å². The highest BCUT2D eigenvalue weighted by atomic mass is 16.2. The third-order valence-corrected chi connectivity index (χ3v) is 3.93. The minimum atomic E-state index is -0.219. The maximum absolute atomic E-state index is 11.8. The Kier molecular flexibility index (Phi) is 5.25. The second-order valence-corrected chi connectivity index (χ2v) is 6.09. The van der Waals surface area contributed by atoms with E-state index in [1.807, 2.05) is 30.3 Å². The molecule has 0 atom stereocenters. The Hall–Kier alpha value is -2.63. The van der Waals surface area contributed by atoms with Crippen LogP contribution in [0.2, 0.25) is 0 Å². The van der Waals surface area contributed by atoms with E-state index in [1.54, 1.807) is 6.20 Å². The van der Waals surface area contributed by atoms with Gasteiger partial charge in [0.15, 0.2) is 0 Å². The Labute approximate surface area is 141 Å². The van der Waals surface area contributed by atoms with Gasteiger partial charge in [0, 0.05) is 37.1 Å². The lowest BCUT2D eigenvalue weighted by Crippen LogP contribution is -2.36. The second-order valence-electron chi connectivity index (χ2n) is 6.09. The molecule has 0 bridgehead atoms. The molecule has 126 valence electrons. The summed E-state index contributed by atoms with van der Waals surface area (Å²) in [5.41, 5.74) is 1.96. The molecule has 1 saturated carbocycles. The van der Waals surface area contributed by atoms with E-state index in [1.165, 1.54) is 0 Å². The summed E-state index contributed by atoms with van der Waals surface area (Å²) < 4.78 is 0. The van der Waals surface area contributed by atoms with Crippen molar-refractivity contribution in [2.75, 3.05) is 6.54 Å². The van der Waals surface area contributed by atoms with Crippen molar-refractivity contribution in [2.24, 2.45) is 0 Å². The Morgan fingerprint density at radius 2 is 2.04 bits per heavy atom. The molecular formula is C18H22N4O2. The van der Waals surface area contributed by atoms with Gasteiger partial charge in [0.25, 0.3) is 0 Å². The fraction of sp³-hybridized carbons (Fsp3) is 0.389. The summed E-state index contributed by atoms with van der Waals surface area (Å²) in [7, 11) is 0. The zero-order valence-corrected chi connectivity index (χ0v) is 13.5. The van der Waals surface area contributed by atoms with Crippen molar-refractivity contribution in [2.45, 2.75) is 38.3 Å². The van der Waals surface area contributed by atoms with Crippen molar-refractivity contribution in [3.63, 3.8) is 0 Å². The molecule has 24 heavy (non-hydrogen) atoms. The smallest absolute Gasteiger partial charge is 0.315 e. The Morgan fingerprint density at radius 3 is 2.88 bits per heavy atom. The van der Waals surface area contributed by atoms with Gasteiger partial charge in [-0.05, 0) is 43.0 Å². The Morgan fingerprint density at radius 1 is 1.17 bits per heavy atom. The number of nitrogens with one attached hydrogen (secondary N) is 3. The number of benzene rings is 1. The van der Waals surface area contributed by atoms with E-state index in [2.05, 4.69) is 20.9 Å². The number of hydrogen-bond donors (Lipinski definition) is 3. The van der Waals surface area contributed by atoms with Gasteiger partial charge in [0.1, 0.15) is 0 Å². The highest BCUT2D eigenvalue weighted by molar-refractivity contribution is 5.79. The van der Waals surface area contributed by atoms with Crippen LogP contribution < -0.4 is 16.0 Å². The first-order valence-corrected chi connectivity index (χ1v) is 8.35. The van der Waals surface area contributed by atoms with Crippen molar-refractivity contribution in [1.29, 1.82) is 0 Å². The summed E-state index contributed by atoms with van der Waals surface area (Å²) in [6.07, 6.45) is 5.05. The first-order valence-electron chi connectivity index (χ1n) is 8.35. The molecule has 1 aromatic heterocycles. The Balaban J connectivity index is 1.34. The fourth-order valence-electron chi connectivity index (χ4n) is 2.46. The van der Waals surface area contributed by atoms with Crippen molar-refractivity contribution in [3.8, 4) is 0 Å². The van der Waals surface area contributed by atoms with Crippen LogP contribution in [0.4, 0.5) is 4.79 Å². The average Bonchev–Trinajstić information content (AvgIpc) is 3.40. The molecule has 1 aromatic carbocycles. The number of nitrogens with zero attached hydrogens (tertiary/aromatic N) is 1. The second kappa shape index (κ2) is 7.77. The number of carbonyl (C=O) groups is 2. The minimum Gasteiger partial charge on any atom is -0.353 e. The number of pyridine rings is 1. The lowest BCUT2D eigenvalue weighted by molar-refractivity contribution is -0.121. The van der Waals surface area contributed by atoms with Crippen molar-refractivity contribution >= 4 is 22.8 Å². The third kappa shape index (κ3) is 4.94. The van der Waals surface area contributed by atoms with Gasteiger partial charge in [0.2, 0.25) is 5.91 Å². The van der Waals surface area contributed by atoms with Gasteiger partial charge in [-0.1, -0.05) is 12.1 Å². The van der Waals surface area contributed by atoms with E-state index >= 15 is 0 Å². The number of hydrogen-bond acceptors (Lipinski definition) is 3. The van der Waals surface area contributed by atoms with Crippen LogP contribution in [-0.2, 0) is 11.3 Å². The molecule has 6 nitrogen and oxygen atoms in total. The average molecular weight is 326 g/mol. The standard InChI is InChI=1S/C18H22N4O2/c23-17(22-15-6-7-15)4-2-10-20-18(24)21-12-13-5-8-16-14(11-13)3-1-9-19-16/h1,3,5,8-9,11,15H,2,4,6-7,10,12H2,(H,22,23)(H2,20,21,24). The van der Waals surface area contributed by atoms with E-state index in [-0.39, 0.29) is 11.9 Å². The topological polar surface area (TPSA) is 83.1 Å². The maximum Gasteiger partial charge on any atom is 0.315 e. The number of aromatic nitrogens is 1. The number of urea groups is 1. The number of carbonyl (C=O) groups excluding carboxylic acids is 2. The monoisotopic (exact) mass is 326 g/mol. The minimum absolute atomic E-state index is 0.0736. The highest BCUT2D eigenvalue weighted by Crippen LogP contribution is 2.18. The van der Waals surface area contributed by atoms with Gasteiger partial charge in [-0.2, -0.15) is 0 Å². The predicted octanol–water partition coefficient (Wildman–Crippen LogP) is 2.09. The summed E-state index contributed by atoms with van der Waals surface area (Å²) in [4.78, 5) is 27.6. The van der Waals surface area contributed by atoms with Crippen molar-refractivity contribution < 1.29 is 9.59 Å². The van der Waals surface area contributed by atoms with Crippen LogP contribution in [0.15, 0.2) is 36.5 Å². The summed E-state index contributed by atoms with van der Waals surface area (Å²) in [6.45, 7) is 0.949. The number of fused-ring (bicyclic) bond motifs is 1. The predicted molar refractivity (Wildman–Crippen MR) is 92.4 cm³/mol. The molecule has 1 heterocycles. The van der Waals surface area contributed by atoms with Gasteiger partial charge in [-0.3, -0.25) is 9.78 Å². The summed E-state index contributed by atoms with van der Waals surface area (Å²) in [5, 5.41) is 9.58. The first kappa shape index (κ1) is 16.2. The van der Waals surface area contributed by atoms with E-state index in [0.717, 1.165) is 29.3 Å².